The van der Waals surface area contributed by atoms with Crippen molar-refractivity contribution in [2.24, 2.45) is 0 Å². The Labute approximate surface area is 77.5 Å². The van der Waals surface area contributed by atoms with E-state index in [2.05, 4.69) is 10.7 Å². The Hall–Kier alpha value is -1.75. The first-order valence-corrected chi connectivity index (χ1v) is 3.84. The molecule has 2 heteroatoms. The van der Waals surface area contributed by atoms with Crippen LogP contribution in [0.15, 0.2) is 18.2 Å². The second-order valence-corrected chi connectivity index (χ2v) is 2.68. The van der Waals surface area contributed by atoms with Crippen molar-refractivity contribution in [1.29, 1.82) is 0 Å². The van der Waals surface area contributed by atoms with Crippen LogP contribution in [0.25, 0.3) is 0 Å². The predicted octanol–water partition coefficient (Wildman–Crippen LogP) is 1.76. The van der Waals surface area contributed by atoms with Crippen molar-refractivity contribution in [3.8, 4) is 12.3 Å². The van der Waals surface area contributed by atoms with Crippen molar-refractivity contribution >= 4 is 5.97 Å². The third kappa shape index (κ3) is 1.88. The van der Waals surface area contributed by atoms with E-state index in [4.69, 9.17) is 6.42 Å². The maximum absolute atomic E-state index is 11.2. The van der Waals surface area contributed by atoms with Gasteiger partial charge in [0.2, 0.25) is 0 Å². The number of hydrogen-bond acceptors (Lipinski definition) is 2. The lowest BCUT2D eigenvalue weighted by atomic mass is 10.1. The second-order valence-electron chi connectivity index (χ2n) is 2.68. The summed E-state index contributed by atoms with van der Waals surface area (Å²) in [7, 11) is 1.34. The number of carbonyl (C=O) groups is 1. The minimum absolute atomic E-state index is 0.392. The van der Waals surface area contributed by atoms with Gasteiger partial charge in [-0.15, -0.1) is 6.42 Å². The molecule has 1 aromatic rings. The van der Waals surface area contributed by atoms with E-state index in [0.717, 1.165) is 5.56 Å². The summed E-state index contributed by atoms with van der Waals surface area (Å²) in [5.41, 5.74) is 2.00. The Morgan fingerprint density at radius 3 is 2.77 bits per heavy atom. The summed E-state index contributed by atoms with van der Waals surface area (Å²) in [6.45, 7) is 1.90. The average molecular weight is 174 g/mol. The average Bonchev–Trinajstić information content (AvgIpc) is 2.16. The highest BCUT2D eigenvalue weighted by Gasteiger charge is 2.09. The summed E-state index contributed by atoms with van der Waals surface area (Å²) in [4.78, 5) is 11.2. The Morgan fingerprint density at radius 2 is 2.23 bits per heavy atom. The van der Waals surface area contributed by atoms with E-state index in [1.807, 2.05) is 13.0 Å². The zero-order chi connectivity index (χ0) is 9.84. The van der Waals surface area contributed by atoms with Gasteiger partial charge in [0.05, 0.1) is 12.7 Å². The fourth-order valence-electron chi connectivity index (χ4n) is 1.06. The van der Waals surface area contributed by atoms with Gasteiger partial charge in [-0.25, -0.2) is 4.79 Å². The van der Waals surface area contributed by atoms with Gasteiger partial charge in [0.15, 0.2) is 0 Å². The number of terminal acetylenes is 1. The highest BCUT2D eigenvalue weighted by atomic mass is 16.5. The Bertz CT molecular complexity index is 372. The molecule has 0 amide bonds. The van der Waals surface area contributed by atoms with Crippen LogP contribution in [0.2, 0.25) is 0 Å². The predicted molar refractivity (Wildman–Crippen MR) is 50.5 cm³/mol. The van der Waals surface area contributed by atoms with Gasteiger partial charge in [-0.2, -0.15) is 0 Å². The van der Waals surface area contributed by atoms with E-state index >= 15 is 0 Å². The van der Waals surface area contributed by atoms with Crippen molar-refractivity contribution < 1.29 is 9.53 Å². The summed E-state index contributed by atoms with van der Waals surface area (Å²) < 4.78 is 4.60. The minimum Gasteiger partial charge on any atom is -0.465 e. The third-order valence-electron chi connectivity index (χ3n) is 1.74. The first-order valence-electron chi connectivity index (χ1n) is 3.84. The fraction of sp³-hybridized carbons (Fsp3) is 0.182. The molecule has 0 bridgehead atoms. The Balaban J connectivity index is 3.25. The lowest BCUT2D eigenvalue weighted by molar-refractivity contribution is 0.0600. The Kier molecular flexibility index (Phi) is 2.71. The van der Waals surface area contributed by atoms with Crippen molar-refractivity contribution in [3.05, 3.63) is 34.9 Å². The molecule has 0 atom stereocenters. The largest absolute Gasteiger partial charge is 0.465 e. The molecule has 2 nitrogen and oxygen atoms in total. The van der Waals surface area contributed by atoms with Gasteiger partial charge in [-0.1, -0.05) is 17.6 Å². The van der Waals surface area contributed by atoms with E-state index in [1.165, 1.54) is 7.11 Å². The highest BCUT2D eigenvalue weighted by molar-refractivity contribution is 5.92. The molecule has 0 fully saturated rings. The lowest BCUT2D eigenvalue weighted by Crippen LogP contribution is -2.04. The number of aryl methyl sites for hydroxylation is 1. The van der Waals surface area contributed by atoms with Gasteiger partial charge in [-0.3, -0.25) is 0 Å². The summed E-state index contributed by atoms with van der Waals surface area (Å²) >= 11 is 0. The number of methoxy groups -OCH3 is 1. The van der Waals surface area contributed by atoms with Crippen LogP contribution < -0.4 is 0 Å². The van der Waals surface area contributed by atoms with Gasteiger partial charge in [-0.05, 0) is 19.1 Å². The van der Waals surface area contributed by atoms with Crippen LogP contribution in [0.5, 0.6) is 0 Å². The molecular weight excluding hydrogens is 164 g/mol. The van der Waals surface area contributed by atoms with Gasteiger partial charge < -0.3 is 4.74 Å². The zero-order valence-corrected chi connectivity index (χ0v) is 7.63. The van der Waals surface area contributed by atoms with Crippen LogP contribution in [-0.2, 0) is 4.74 Å². The molecule has 0 spiro atoms. The molecule has 66 valence electrons. The molecule has 0 radical (unpaired) electrons. The molecule has 0 N–H and O–H groups in total. The standard InChI is InChI=1S/C11H10O2/c1-4-9-6-5-8(2)7-10(9)11(12)13-3/h1,5-7H,2-3H3. The van der Waals surface area contributed by atoms with E-state index in [-0.39, 0.29) is 0 Å². The first kappa shape index (κ1) is 9.34. The molecule has 1 aromatic carbocycles. The molecule has 0 aliphatic heterocycles. The number of benzene rings is 1. The van der Waals surface area contributed by atoms with E-state index in [0.29, 0.717) is 11.1 Å². The Morgan fingerprint density at radius 1 is 1.54 bits per heavy atom. The quantitative estimate of drug-likeness (QED) is 0.479. The number of hydrogen-bond donors (Lipinski definition) is 0. The fourth-order valence-corrected chi connectivity index (χ4v) is 1.06. The maximum atomic E-state index is 11.2. The van der Waals surface area contributed by atoms with Crippen LogP contribution in [0, 0.1) is 19.3 Å². The number of rotatable bonds is 1. The van der Waals surface area contributed by atoms with Gasteiger partial charge >= 0.3 is 5.97 Å². The molecule has 0 aliphatic rings. The van der Waals surface area contributed by atoms with Crippen molar-refractivity contribution in [3.63, 3.8) is 0 Å². The van der Waals surface area contributed by atoms with Crippen molar-refractivity contribution in [2.45, 2.75) is 6.92 Å². The van der Waals surface area contributed by atoms with Crippen LogP contribution in [0.4, 0.5) is 0 Å². The molecule has 1 rings (SSSR count). The zero-order valence-electron chi connectivity index (χ0n) is 7.63. The molecule has 0 unspecified atom stereocenters. The van der Waals surface area contributed by atoms with Crippen molar-refractivity contribution in [2.75, 3.05) is 7.11 Å². The topological polar surface area (TPSA) is 26.3 Å². The van der Waals surface area contributed by atoms with Crippen LogP contribution in [-0.4, -0.2) is 13.1 Å². The summed E-state index contributed by atoms with van der Waals surface area (Å²) in [6, 6.07) is 5.32. The van der Waals surface area contributed by atoms with E-state index in [1.54, 1.807) is 12.1 Å². The SMILES string of the molecule is C#Cc1ccc(C)cc1C(=O)OC. The number of esters is 1. The number of carbonyl (C=O) groups excluding carboxylic acids is 1. The molecule has 0 saturated carbocycles. The molecular formula is C11H10O2. The molecule has 0 heterocycles. The molecule has 0 saturated heterocycles. The van der Waals surface area contributed by atoms with Crippen LogP contribution in [0.1, 0.15) is 21.5 Å². The highest BCUT2D eigenvalue weighted by Crippen LogP contribution is 2.11. The van der Waals surface area contributed by atoms with Gasteiger partial charge in [0.25, 0.3) is 0 Å². The molecule has 0 aliphatic carbocycles. The monoisotopic (exact) mass is 174 g/mol. The van der Waals surface area contributed by atoms with Gasteiger partial charge in [0.1, 0.15) is 0 Å². The van der Waals surface area contributed by atoms with Crippen LogP contribution >= 0.6 is 0 Å². The summed E-state index contributed by atoms with van der Waals surface area (Å²) in [6.07, 6.45) is 5.24. The maximum Gasteiger partial charge on any atom is 0.339 e. The lowest BCUT2D eigenvalue weighted by Gasteiger charge is -2.03. The summed E-state index contributed by atoms with van der Waals surface area (Å²) in [5, 5.41) is 0. The van der Waals surface area contributed by atoms with E-state index in [9.17, 15) is 4.79 Å². The van der Waals surface area contributed by atoms with E-state index < -0.39 is 5.97 Å². The second kappa shape index (κ2) is 3.77. The van der Waals surface area contributed by atoms with Crippen molar-refractivity contribution in [1.82, 2.24) is 0 Å². The molecule has 0 aromatic heterocycles. The van der Waals surface area contributed by atoms with Crippen LogP contribution in [0.3, 0.4) is 0 Å². The number of ether oxygens (including phenoxy) is 1. The minimum atomic E-state index is -0.392. The normalized spacial score (nSPS) is 9.00. The smallest absolute Gasteiger partial charge is 0.339 e. The summed E-state index contributed by atoms with van der Waals surface area (Å²) in [5.74, 6) is 2.05. The van der Waals surface area contributed by atoms with Gasteiger partial charge in [0, 0.05) is 5.56 Å². The first-order chi connectivity index (χ1) is 6.19. The molecule has 13 heavy (non-hydrogen) atoms. The third-order valence-corrected chi connectivity index (χ3v) is 1.74.